The van der Waals surface area contributed by atoms with Crippen molar-refractivity contribution in [2.75, 3.05) is 30.9 Å². The summed E-state index contributed by atoms with van der Waals surface area (Å²) in [5, 5.41) is 11.3. The molecule has 0 spiro atoms. The van der Waals surface area contributed by atoms with E-state index in [0.29, 0.717) is 18.5 Å². The smallest absolute Gasteiger partial charge is 0.224 e. The predicted octanol–water partition coefficient (Wildman–Crippen LogP) is 0.859. The number of aliphatic hydroxyl groups excluding tert-OH is 1. The molecule has 0 aliphatic carbocycles. The molecule has 1 aromatic rings. The van der Waals surface area contributed by atoms with Gasteiger partial charge in [0.25, 0.3) is 0 Å². The molecule has 88 valence electrons. The number of aromatic nitrogens is 1. The molecular weight excluding hydrogens is 206 g/mol. The van der Waals surface area contributed by atoms with Gasteiger partial charge in [0, 0.05) is 27.1 Å². The van der Waals surface area contributed by atoms with Crippen LogP contribution in [0.3, 0.4) is 0 Å². The Labute approximate surface area is 95.1 Å². The van der Waals surface area contributed by atoms with Gasteiger partial charge in [-0.25, -0.2) is 4.98 Å². The van der Waals surface area contributed by atoms with Crippen molar-refractivity contribution < 1.29 is 9.90 Å². The Bertz CT molecular complexity index is 336. The quantitative estimate of drug-likeness (QED) is 0.777. The predicted molar refractivity (Wildman–Crippen MR) is 63.5 cm³/mol. The van der Waals surface area contributed by atoms with Gasteiger partial charge in [-0.2, -0.15) is 0 Å². The van der Waals surface area contributed by atoms with Gasteiger partial charge in [-0.15, -0.1) is 0 Å². The van der Waals surface area contributed by atoms with Crippen LogP contribution in [-0.2, 0) is 4.79 Å². The Morgan fingerprint density at radius 1 is 1.50 bits per heavy atom. The topological polar surface area (TPSA) is 65.5 Å². The standard InChI is InChI=1S/C11H17N3O2/c1-14(2)10-6-5-9(8-12-10)13-11(16)4-3-7-15/h5-6,8,15H,3-4,7H2,1-2H3,(H,13,16). The van der Waals surface area contributed by atoms with Crippen LogP contribution in [0, 0.1) is 0 Å². The highest BCUT2D eigenvalue weighted by Crippen LogP contribution is 2.11. The van der Waals surface area contributed by atoms with E-state index >= 15 is 0 Å². The third-order valence-electron chi connectivity index (χ3n) is 2.05. The van der Waals surface area contributed by atoms with E-state index < -0.39 is 0 Å². The van der Waals surface area contributed by atoms with Crippen molar-refractivity contribution >= 4 is 17.4 Å². The van der Waals surface area contributed by atoms with E-state index in [9.17, 15) is 4.79 Å². The zero-order valence-corrected chi connectivity index (χ0v) is 9.60. The summed E-state index contributed by atoms with van der Waals surface area (Å²) < 4.78 is 0. The summed E-state index contributed by atoms with van der Waals surface area (Å²) >= 11 is 0. The lowest BCUT2D eigenvalue weighted by Crippen LogP contribution is -2.13. The van der Waals surface area contributed by atoms with Crippen molar-refractivity contribution in [3.05, 3.63) is 18.3 Å². The molecule has 0 saturated heterocycles. The second kappa shape index (κ2) is 6.07. The van der Waals surface area contributed by atoms with Crippen molar-refractivity contribution in [1.82, 2.24) is 4.98 Å². The zero-order valence-electron chi connectivity index (χ0n) is 9.60. The highest BCUT2D eigenvalue weighted by Gasteiger charge is 2.02. The van der Waals surface area contributed by atoms with Gasteiger partial charge in [0.2, 0.25) is 5.91 Å². The Balaban J connectivity index is 2.51. The fourth-order valence-electron chi connectivity index (χ4n) is 1.19. The number of carbonyl (C=O) groups excluding carboxylic acids is 1. The summed E-state index contributed by atoms with van der Waals surface area (Å²) in [4.78, 5) is 17.4. The van der Waals surface area contributed by atoms with E-state index in [1.54, 1.807) is 12.3 Å². The maximum absolute atomic E-state index is 11.3. The minimum atomic E-state index is -0.103. The number of hydrogen-bond donors (Lipinski definition) is 2. The lowest BCUT2D eigenvalue weighted by molar-refractivity contribution is -0.116. The summed E-state index contributed by atoms with van der Waals surface area (Å²) in [5.41, 5.74) is 0.675. The summed E-state index contributed by atoms with van der Waals surface area (Å²) in [7, 11) is 3.81. The van der Waals surface area contributed by atoms with Crippen LogP contribution in [0.15, 0.2) is 18.3 Å². The van der Waals surface area contributed by atoms with Crippen LogP contribution in [0.2, 0.25) is 0 Å². The molecule has 0 unspecified atom stereocenters. The molecule has 16 heavy (non-hydrogen) atoms. The number of amides is 1. The van der Waals surface area contributed by atoms with Crippen molar-refractivity contribution in [2.45, 2.75) is 12.8 Å². The number of aliphatic hydroxyl groups is 1. The van der Waals surface area contributed by atoms with Crippen LogP contribution in [0.5, 0.6) is 0 Å². The number of anilines is 2. The zero-order chi connectivity index (χ0) is 12.0. The maximum Gasteiger partial charge on any atom is 0.224 e. The summed E-state index contributed by atoms with van der Waals surface area (Å²) in [6.45, 7) is 0.0330. The number of hydrogen-bond acceptors (Lipinski definition) is 4. The third kappa shape index (κ3) is 3.86. The molecule has 0 aliphatic heterocycles. The van der Waals surface area contributed by atoms with Crippen LogP contribution in [0.1, 0.15) is 12.8 Å². The summed E-state index contributed by atoms with van der Waals surface area (Å²) in [6, 6.07) is 3.64. The van der Waals surface area contributed by atoms with Gasteiger partial charge >= 0.3 is 0 Å². The number of pyridine rings is 1. The summed E-state index contributed by atoms with van der Waals surface area (Å²) in [5.74, 6) is 0.738. The Morgan fingerprint density at radius 2 is 2.25 bits per heavy atom. The van der Waals surface area contributed by atoms with E-state index in [1.807, 2.05) is 25.1 Å². The largest absolute Gasteiger partial charge is 0.396 e. The Hall–Kier alpha value is -1.62. The van der Waals surface area contributed by atoms with Crippen molar-refractivity contribution in [1.29, 1.82) is 0 Å². The fourth-order valence-corrected chi connectivity index (χ4v) is 1.19. The molecule has 5 heteroatoms. The molecule has 1 heterocycles. The highest BCUT2D eigenvalue weighted by atomic mass is 16.3. The van der Waals surface area contributed by atoms with E-state index in [1.165, 1.54) is 0 Å². The number of nitrogens with one attached hydrogen (secondary N) is 1. The molecule has 2 N–H and O–H groups in total. The van der Waals surface area contributed by atoms with Gasteiger partial charge < -0.3 is 15.3 Å². The minimum Gasteiger partial charge on any atom is -0.396 e. The summed E-state index contributed by atoms with van der Waals surface area (Å²) in [6.07, 6.45) is 2.42. The molecule has 0 aromatic carbocycles. The maximum atomic E-state index is 11.3. The van der Waals surface area contributed by atoms with Crippen LogP contribution in [-0.4, -0.2) is 36.7 Å². The van der Waals surface area contributed by atoms with Crippen LogP contribution < -0.4 is 10.2 Å². The highest BCUT2D eigenvalue weighted by molar-refractivity contribution is 5.90. The molecule has 0 atom stereocenters. The normalized spacial score (nSPS) is 9.94. The van der Waals surface area contributed by atoms with Gasteiger partial charge in [-0.3, -0.25) is 4.79 Å². The van der Waals surface area contributed by atoms with Gasteiger partial charge in [-0.1, -0.05) is 0 Å². The molecule has 1 rings (SSSR count). The molecule has 0 bridgehead atoms. The number of nitrogens with zero attached hydrogens (tertiary/aromatic N) is 2. The van der Waals surface area contributed by atoms with E-state index in [2.05, 4.69) is 10.3 Å². The number of rotatable bonds is 5. The minimum absolute atomic E-state index is 0.0330. The number of carbonyl (C=O) groups is 1. The molecule has 0 aliphatic rings. The lowest BCUT2D eigenvalue weighted by atomic mass is 10.3. The Morgan fingerprint density at radius 3 is 2.75 bits per heavy atom. The van der Waals surface area contributed by atoms with E-state index in [-0.39, 0.29) is 12.5 Å². The van der Waals surface area contributed by atoms with Crippen LogP contribution >= 0.6 is 0 Å². The molecule has 1 amide bonds. The van der Waals surface area contributed by atoms with Crippen LogP contribution in [0.25, 0.3) is 0 Å². The van der Waals surface area contributed by atoms with Crippen molar-refractivity contribution in [2.24, 2.45) is 0 Å². The molecular formula is C11H17N3O2. The molecule has 0 radical (unpaired) electrons. The fraction of sp³-hybridized carbons (Fsp3) is 0.455. The second-order valence-corrected chi connectivity index (χ2v) is 3.67. The molecule has 0 saturated carbocycles. The monoisotopic (exact) mass is 223 g/mol. The first kappa shape index (κ1) is 12.4. The first-order valence-electron chi connectivity index (χ1n) is 5.17. The SMILES string of the molecule is CN(C)c1ccc(NC(=O)CCCO)cn1. The van der Waals surface area contributed by atoms with E-state index in [0.717, 1.165) is 5.82 Å². The first-order valence-corrected chi connectivity index (χ1v) is 5.17. The van der Waals surface area contributed by atoms with Gasteiger partial charge in [-0.05, 0) is 18.6 Å². The average Bonchev–Trinajstić information content (AvgIpc) is 2.27. The van der Waals surface area contributed by atoms with Crippen LogP contribution in [0.4, 0.5) is 11.5 Å². The van der Waals surface area contributed by atoms with Crippen molar-refractivity contribution in [3.8, 4) is 0 Å². The van der Waals surface area contributed by atoms with Gasteiger partial charge in [0.15, 0.2) is 0 Å². The third-order valence-corrected chi connectivity index (χ3v) is 2.05. The Kier molecular flexibility index (Phi) is 4.72. The second-order valence-electron chi connectivity index (χ2n) is 3.67. The lowest BCUT2D eigenvalue weighted by Gasteiger charge is -2.11. The molecule has 0 fully saturated rings. The first-order chi connectivity index (χ1) is 7.63. The van der Waals surface area contributed by atoms with Gasteiger partial charge in [0.1, 0.15) is 5.82 Å². The molecule has 5 nitrogen and oxygen atoms in total. The molecule has 1 aromatic heterocycles. The average molecular weight is 223 g/mol. The van der Waals surface area contributed by atoms with Crippen molar-refractivity contribution in [3.63, 3.8) is 0 Å². The van der Waals surface area contributed by atoms with Gasteiger partial charge in [0.05, 0.1) is 11.9 Å². The van der Waals surface area contributed by atoms with E-state index in [4.69, 9.17) is 5.11 Å².